The molecule has 2 unspecified atom stereocenters. The van der Waals surface area contributed by atoms with E-state index in [4.69, 9.17) is 9.72 Å². The topological polar surface area (TPSA) is 69.1 Å². The van der Waals surface area contributed by atoms with Crippen molar-refractivity contribution in [2.24, 2.45) is 17.8 Å². The molecule has 0 aliphatic carbocycles. The fraction of sp³-hybridized carbons (Fsp3) is 0.654. The predicted octanol–water partition coefficient (Wildman–Crippen LogP) is 3.61. The summed E-state index contributed by atoms with van der Waals surface area (Å²) in [5, 5.41) is 22.2. The number of ether oxygens (including phenoxy) is 1. The number of benzene rings is 1. The number of fused-ring (bicyclic) bond motifs is 4. The molecule has 4 fully saturated rings. The number of hydrogen-bond donors (Lipinski definition) is 2. The fourth-order valence-electron chi connectivity index (χ4n) is 6.27. The van der Waals surface area contributed by atoms with Gasteiger partial charge in [0.15, 0.2) is 0 Å². The molecule has 2 N–H and O–H groups in total. The molecule has 4 aliphatic rings. The zero-order chi connectivity index (χ0) is 22.2. The lowest BCUT2D eigenvalue weighted by Gasteiger charge is -2.51. The number of methoxy groups -OCH3 is 1. The highest BCUT2D eigenvalue weighted by atomic mass is 16.5. The van der Waals surface area contributed by atoms with Crippen LogP contribution in [0, 0.1) is 17.8 Å². The summed E-state index contributed by atoms with van der Waals surface area (Å²) >= 11 is 0. The zero-order valence-electron chi connectivity index (χ0n) is 19.4. The van der Waals surface area contributed by atoms with Crippen LogP contribution >= 0.6 is 0 Å². The number of aliphatic hydroxyl groups excluding tert-OH is 2. The van der Waals surface area contributed by atoms with Gasteiger partial charge in [0.25, 0.3) is 0 Å². The smallest absolute Gasteiger partial charge is 0.129 e. The summed E-state index contributed by atoms with van der Waals surface area (Å²) in [6, 6.07) is 8.27. The summed E-state index contributed by atoms with van der Waals surface area (Å²) < 4.78 is 5.50. The molecule has 4 aliphatic heterocycles. The highest BCUT2D eigenvalue weighted by Crippen LogP contribution is 2.43. The number of piperidine rings is 4. The molecule has 32 heavy (non-hydrogen) atoms. The highest BCUT2D eigenvalue weighted by Gasteiger charge is 2.42. The molecule has 0 amide bonds. The number of pyridine rings is 1. The van der Waals surface area contributed by atoms with Gasteiger partial charge in [-0.2, -0.15) is 0 Å². The summed E-state index contributed by atoms with van der Waals surface area (Å²) in [4.78, 5) is 9.81. The molecule has 1 aromatic heterocycles. The van der Waals surface area contributed by atoms with Gasteiger partial charge < -0.3 is 19.8 Å². The van der Waals surface area contributed by atoms with Crippen LogP contribution < -0.4 is 9.64 Å². The van der Waals surface area contributed by atoms with Crippen LogP contribution in [-0.4, -0.2) is 66.0 Å². The SMILES string of the molecule is CC[C@H]1CN2CC[C@@H]1CC2[C@H](O)c1cc(N2CCC(CO)CC2)nc2ccc(OC)cc12. The molecule has 0 saturated carbocycles. The van der Waals surface area contributed by atoms with Crippen LogP contribution in [-0.2, 0) is 0 Å². The number of hydrogen-bond acceptors (Lipinski definition) is 6. The standard InChI is InChI=1S/C26H37N3O3/c1-3-18-15-29-11-8-19(18)12-24(29)26(31)22-14-25(28-9-6-17(16-30)7-10-28)27-23-5-4-20(32-2)13-21(22)23/h4-5,13-14,17-19,24,26,30-31H,3,6-12,15-16H2,1-2H3/t18-,19+,24?,26+/m0/s1. The second-order valence-corrected chi connectivity index (χ2v) is 10.0. The van der Waals surface area contributed by atoms with Crippen molar-refractivity contribution in [2.45, 2.75) is 51.2 Å². The van der Waals surface area contributed by atoms with Gasteiger partial charge in [0, 0.05) is 37.7 Å². The summed E-state index contributed by atoms with van der Waals surface area (Å²) in [6.45, 7) is 6.55. The van der Waals surface area contributed by atoms with Crippen LogP contribution in [0.25, 0.3) is 10.9 Å². The number of aromatic nitrogens is 1. The van der Waals surface area contributed by atoms with Gasteiger partial charge in [0.2, 0.25) is 0 Å². The molecule has 5 heterocycles. The molecule has 4 saturated heterocycles. The lowest BCUT2D eigenvalue weighted by Crippen LogP contribution is -2.55. The van der Waals surface area contributed by atoms with E-state index in [0.29, 0.717) is 5.92 Å². The first-order chi connectivity index (χ1) is 15.6. The Bertz CT molecular complexity index is 943. The Balaban J connectivity index is 1.50. The minimum atomic E-state index is -0.540. The Morgan fingerprint density at radius 3 is 2.62 bits per heavy atom. The molecule has 0 radical (unpaired) electrons. The maximum absolute atomic E-state index is 11.7. The number of aliphatic hydroxyl groups is 2. The Morgan fingerprint density at radius 2 is 1.97 bits per heavy atom. The third-order valence-corrected chi connectivity index (χ3v) is 8.37. The van der Waals surface area contributed by atoms with Crippen molar-refractivity contribution in [3.8, 4) is 5.75 Å². The Kier molecular flexibility index (Phi) is 6.28. The van der Waals surface area contributed by atoms with Crippen LogP contribution in [0.1, 0.15) is 50.7 Å². The summed E-state index contributed by atoms with van der Waals surface area (Å²) in [5.41, 5.74) is 1.88. The highest BCUT2D eigenvalue weighted by molar-refractivity contribution is 5.86. The molecule has 6 rings (SSSR count). The van der Waals surface area contributed by atoms with Crippen molar-refractivity contribution in [2.75, 3.05) is 44.8 Å². The Hall–Kier alpha value is -1.89. The van der Waals surface area contributed by atoms with Crippen molar-refractivity contribution >= 4 is 16.7 Å². The van der Waals surface area contributed by atoms with E-state index in [1.165, 1.54) is 12.8 Å². The summed E-state index contributed by atoms with van der Waals surface area (Å²) in [6.07, 6.45) is 4.98. The summed E-state index contributed by atoms with van der Waals surface area (Å²) in [7, 11) is 1.68. The van der Waals surface area contributed by atoms with Crippen LogP contribution in [0.15, 0.2) is 24.3 Å². The van der Waals surface area contributed by atoms with Crippen molar-refractivity contribution < 1.29 is 14.9 Å². The van der Waals surface area contributed by atoms with E-state index in [0.717, 1.165) is 85.3 Å². The molecule has 6 heteroatoms. The van der Waals surface area contributed by atoms with Crippen molar-refractivity contribution in [1.82, 2.24) is 9.88 Å². The second-order valence-electron chi connectivity index (χ2n) is 10.0. The number of nitrogens with zero attached hydrogens (tertiary/aromatic N) is 3. The van der Waals surface area contributed by atoms with Gasteiger partial charge in [-0.15, -0.1) is 0 Å². The molecule has 1 aromatic carbocycles. The average molecular weight is 440 g/mol. The van der Waals surface area contributed by atoms with E-state index in [1.54, 1.807) is 7.11 Å². The van der Waals surface area contributed by atoms with Gasteiger partial charge in [-0.1, -0.05) is 13.3 Å². The minimum absolute atomic E-state index is 0.168. The van der Waals surface area contributed by atoms with Gasteiger partial charge in [-0.3, -0.25) is 4.90 Å². The first kappa shape index (κ1) is 21.9. The number of rotatable bonds is 6. The van der Waals surface area contributed by atoms with Gasteiger partial charge in [0.05, 0.1) is 18.7 Å². The fourth-order valence-corrected chi connectivity index (χ4v) is 6.27. The predicted molar refractivity (Wildman–Crippen MR) is 127 cm³/mol. The summed E-state index contributed by atoms with van der Waals surface area (Å²) in [5.74, 6) is 3.61. The van der Waals surface area contributed by atoms with E-state index in [2.05, 4.69) is 22.8 Å². The largest absolute Gasteiger partial charge is 0.497 e. The Morgan fingerprint density at radius 1 is 1.16 bits per heavy atom. The van der Waals surface area contributed by atoms with E-state index in [-0.39, 0.29) is 12.6 Å². The molecule has 0 spiro atoms. The Labute approximate surface area is 191 Å². The van der Waals surface area contributed by atoms with Crippen molar-refractivity contribution in [3.63, 3.8) is 0 Å². The van der Waals surface area contributed by atoms with Crippen LogP contribution in [0.2, 0.25) is 0 Å². The van der Waals surface area contributed by atoms with E-state index >= 15 is 0 Å². The van der Waals surface area contributed by atoms with Crippen LogP contribution in [0.3, 0.4) is 0 Å². The maximum atomic E-state index is 11.7. The van der Waals surface area contributed by atoms with Crippen molar-refractivity contribution in [1.29, 1.82) is 0 Å². The number of anilines is 1. The molecule has 5 atom stereocenters. The quantitative estimate of drug-likeness (QED) is 0.717. The van der Waals surface area contributed by atoms with Crippen LogP contribution in [0.5, 0.6) is 5.75 Å². The van der Waals surface area contributed by atoms with Gasteiger partial charge in [0.1, 0.15) is 11.6 Å². The first-order valence-electron chi connectivity index (χ1n) is 12.4. The van der Waals surface area contributed by atoms with E-state index in [1.807, 2.05) is 18.2 Å². The molecular weight excluding hydrogens is 402 g/mol. The molecular formula is C26H37N3O3. The molecule has 174 valence electrons. The van der Waals surface area contributed by atoms with E-state index < -0.39 is 6.10 Å². The monoisotopic (exact) mass is 439 g/mol. The average Bonchev–Trinajstić information content (AvgIpc) is 2.87. The lowest BCUT2D eigenvalue weighted by atomic mass is 9.72. The first-order valence-corrected chi connectivity index (χ1v) is 12.4. The molecule has 6 nitrogen and oxygen atoms in total. The lowest BCUT2D eigenvalue weighted by molar-refractivity contribution is -0.0562. The molecule has 2 bridgehead atoms. The third kappa shape index (κ3) is 3.97. The molecule has 2 aromatic rings. The van der Waals surface area contributed by atoms with Gasteiger partial charge in [-0.25, -0.2) is 4.98 Å². The third-order valence-electron chi connectivity index (χ3n) is 8.37. The maximum Gasteiger partial charge on any atom is 0.129 e. The normalized spacial score (nSPS) is 29.4. The minimum Gasteiger partial charge on any atom is -0.497 e. The van der Waals surface area contributed by atoms with Gasteiger partial charge >= 0.3 is 0 Å². The van der Waals surface area contributed by atoms with Crippen LogP contribution in [0.4, 0.5) is 5.82 Å². The van der Waals surface area contributed by atoms with E-state index in [9.17, 15) is 10.2 Å². The second kappa shape index (κ2) is 9.16. The van der Waals surface area contributed by atoms with Crippen molar-refractivity contribution in [3.05, 3.63) is 29.8 Å². The zero-order valence-corrected chi connectivity index (χ0v) is 19.4. The van der Waals surface area contributed by atoms with Gasteiger partial charge in [-0.05, 0) is 79.8 Å².